The van der Waals surface area contributed by atoms with E-state index < -0.39 is 11.7 Å². The van der Waals surface area contributed by atoms with Gasteiger partial charge in [-0.25, -0.2) is 4.39 Å². The highest BCUT2D eigenvalue weighted by Crippen LogP contribution is 2.27. The van der Waals surface area contributed by atoms with E-state index in [0.717, 1.165) is 5.56 Å². The average Bonchev–Trinajstić information content (AvgIpc) is 2.41. The van der Waals surface area contributed by atoms with Crippen LogP contribution in [0.1, 0.15) is 15.9 Å². The van der Waals surface area contributed by atoms with Crippen LogP contribution in [-0.2, 0) is 0 Å². The first-order valence-electron chi connectivity index (χ1n) is 6.02. The minimum absolute atomic E-state index is 0.0190. The largest absolute Gasteiger partial charge is 0.495 e. The highest BCUT2D eigenvalue weighted by atomic mass is 19.1. The number of carbonyl (C=O) groups is 1. The van der Waals surface area contributed by atoms with E-state index in [1.54, 1.807) is 31.2 Å². The summed E-state index contributed by atoms with van der Waals surface area (Å²) in [5.41, 5.74) is 7.33. The Labute approximate surface area is 116 Å². The van der Waals surface area contributed by atoms with Crippen molar-refractivity contribution in [3.63, 3.8) is 0 Å². The third kappa shape index (κ3) is 2.88. The van der Waals surface area contributed by atoms with Crippen LogP contribution in [0.25, 0.3) is 0 Å². The predicted octanol–water partition coefficient (Wildman–Crippen LogP) is 2.98. The fourth-order valence-corrected chi connectivity index (χ4v) is 1.83. The summed E-state index contributed by atoms with van der Waals surface area (Å²) in [7, 11) is 1.48. The number of nitrogens with two attached hydrogens (primary N) is 1. The molecule has 1 amide bonds. The van der Waals surface area contributed by atoms with Crippen molar-refractivity contribution in [3.8, 4) is 5.75 Å². The third-order valence-electron chi connectivity index (χ3n) is 2.84. The van der Waals surface area contributed by atoms with E-state index in [9.17, 15) is 9.18 Å². The van der Waals surface area contributed by atoms with Gasteiger partial charge in [-0.3, -0.25) is 4.79 Å². The third-order valence-corrected chi connectivity index (χ3v) is 2.84. The number of hydrogen-bond donors (Lipinski definition) is 2. The van der Waals surface area contributed by atoms with Gasteiger partial charge in [0.2, 0.25) is 0 Å². The van der Waals surface area contributed by atoms with Crippen LogP contribution in [0.15, 0.2) is 36.4 Å². The van der Waals surface area contributed by atoms with Crippen LogP contribution in [0.3, 0.4) is 0 Å². The minimum Gasteiger partial charge on any atom is -0.495 e. The molecule has 2 rings (SSSR count). The monoisotopic (exact) mass is 274 g/mol. The summed E-state index contributed by atoms with van der Waals surface area (Å²) in [6.07, 6.45) is 0. The molecule has 0 spiro atoms. The standard InChI is InChI=1S/C15H15FN2O2/c1-9-3-5-12(16)11(7-9)15(19)18-13-8-10(17)4-6-14(13)20-2/h3-8H,17H2,1-2H3,(H,18,19). The van der Waals surface area contributed by atoms with E-state index in [1.807, 2.05) is 0 Å². The van der Waals surface area contributed by atoms with Gasteiger partial charge in [-0.2, -0.15) is 0 Å². The highest BCUT2D eigenvalue weighted by molar-refractivity contribution is 6.05. The maximum atomic E-state index is 13.7. The van der Waals surface area contributed by atoms with Gasteiger partial charge in [0.15, 0.2) is 0 Å². The number of nitrogen functional groups attached to an aromatic ring is 1. The van der Waals surface area contributed by atoms with Crippen molar-refractivity contribution in [1.82, 2.24) is 0 Å². The molecule has 0 aliphatic heterocycles. The smallest absolute Gasteiger partial charge is 0.258 e. The molecule has 0 aliphatic carbocycles. The predicted molar refractivity (Wildman–Crippen MR) is 76.5 cm³/mol. The number of ether oxygens (including phenoxy) is 1. The lowest BCUT2D eigenvalue weighted by Crippen LogP contribution is -2.14. The number of methoxy groups -OCH3 is 1. The van der Waals surface area contributed by atoms with Gasteiger partial charge in [0.25, 0.3) is 5.91 Å². The number of anilines is 2. The Hall–Kier alpha value is -2.56. The molecule has 2 aromatic carbocycles. The summed E-state index contributed by atoms with van der Waals surface area (Å²) in [5.74, 6) is -0.660. The Morgan fingerprint density at radius 1 is 1.25 bits per heavy atom. The topological polar surface area (TPSA) is 64.3 Å². The summed E-state index contributed by atoms with van der Waals surface area (Å²) >= 11 is 0. The molecule has 3 N–H and O–H groups in total. The van der Waals surface area contributed by atoms with Crippen LogP contribution < -0.4 is 15.8 Å². The van der Waals surface area contributed by atoms with Crippen molar-refractivity contribution >= 4 is 17.3 Å². The minimum atomic E-state index is -0.573. The molecule has 0 bridgehead atoms. The number of benzene rings is 2. The van der Waals surface area contributed by atoms with Gasteiger partial charge < -0.3 is 15.8 Å². The van der Waals surface area contributed by atoms with Gasteiger partial charge in [-0.15, -0.1) is 0 Å². The van der Waals surface area contributed by atoms with Crippen molar-refractivity contribution in [3.05, 3.63) is 53.3 Å². The molecule has 0 saturated carbocycles. The van der Waals surface area contributed by atoms with Crippen LogP contribution >= 0.6 is 0 Å². The molecule has 0 unspecified atom stereocenters. The second kappa shape index (κ2) is 5.61. The fraction of sp³-hybridized carbons (Fsp3) is 0.133. The van der Waals surface area contributed by atoms with Crippen LogP contribution in [0.4, 0.5) is 15.8 Å². The second-order valence-electron chi connectivity index (χ2n) is 4.40. The molecular weight excluding hydrogens is 259 g/mol. The maximum absolute atomic E-state index is 13.7. The zero-order valence-electron chi connectivity index (χ0n) is 11.2. The molecule has 0 aromatic heterocycles. The number of amides is 1. The van der Waals surface area contributed by atoms with Crippen molar-refractivity contribution < 1.29 is 13.9 Å². The lowest BCUT2D eigenvalue weighted by Gasteiger charge is -2.11. The number of carbonyl (C=O) groups excluding carboxylic acids is 1. The number of halogens is 1. The summed E-state index contributed by atoms with van der Waals surface area (Å²) < 4.78 is 18.8. The highest BCUT2D eigenvalue weighted by Gasteiger charge is 2.14. The van der Waals surface area contributed by atoms with E-state index in [4.69, 9.17) is 10.5 Å². The van der Waals surface area contributed by atoms with E-state index >= 15 is 0 Å². The molecule has 20 heavy (non-hydrogen) atoms. The molecule has 0 atom stereocenters. The first-order valence-corrected chi connectivity index (χ1v) is 6.02. The first kappa shape index (κ1) is 13.9. The Morgan fingerprint density at radius 3 is 2.70 bits per heavy atom. The number of rotatable bonds is 3. The van der Waals surface area contributed by atoms with Crippen LogP contribution in [-0.4, -0.2) is 13.0 Å². The molecule has 0 saturated heterocycles. The summed E-state index contributed by atoms with van der Waals surface area (Å²) in [5, 5.41) is 2.60. The Morgan fingerprint density at radius 2 is 2.00 bits per heavy atom. The number of nitrogens with one attached hydrogen (secondary N) is 1. The van der Waals surface area contributed by atoms with Crippen molar-refractivity contribution in [2.24, 2.45) is 0 Å². The first-order chi connectivity index (χ1) is 9.51. The van der Waals surface area contributed by atoms with Gasteiger partial charge in [-0.1, -0.05) is 11.6 Å². The van der Waals surface area contributed by atoms with Crippen LogP contribution in [0.5, 0.6) is 5.75 Å². The summed E-state index contributed by atoms with van der Waals surface area (Å²) in [6.45, 7) is 1.79. The van der Waals surface area contributed by atoms with Crippen LogP contribution in [0, 0.1) is 12.7 Å². The Balaban J connectivity index is 2.32. The van der Waals surface area contributed by atoms with E-state index in [1.165, 1.54) is 19.2 Å². The number of aryl methyl sites for hydroxylation is 1. The molecule has 4 nitrogen and oxygen atoms in total. The van der Waals surface area contributed by atoms with E-state index in [-0.39, 0.29) is 5.56 Å². The molecule has 104 valence electrons. The lowest BCUT2D eigenvalue weighted by atomic mass is 10.1. The zero-order chi connectivity index (χ0) is 14.7. The summed E-state index contributed by atoms with van der Waals surface area (Å²) in [6, 6.07) is 9.21. The van der Waals surface area contributed by atoms with Gasteiger partial charge in [-0.05, 0) is 37.3 Å². The molecule has 2 aromatic rings. The van der Waals surface area contributed by atoms with E-state index in [2.05, 4.69) is 5.32 Å². The SMILES string of the molecule is COc1ccc(N)cc1NC(=O)c1cc(C)ccc1F. The Bertz CT molecular complexity index is 656. The fourth-order valence-electron chi connectivity index (χ4n) is 1.83. The van der Waals surface area contributed by atoms with Gasteiger partial charge in [0.1, 0.15) is 11.6 Å². The quantitative estimate of drug-likeness (QED) is 0.846. The normalized spacial score (nSPS) is 10.2. The van der Waals surface area contributed by atoms with Crippen molar-refractivity contribution in [2.75, 3.05) is 18.2 Å². The van der Waals surface area contributed by atoms with Crippen molar-refractivity contribution in [2.45, 2.75) is 6.92 Å². The number of hydrogen-bond acceptors (Lipinski definition) is 3. The van der Waals surface area contributed by atoms with Gasteiger partial charge in [0, 0.05) is 5.69 Å². The molecule has 0 aliphatic rings. The maximum Gasteiger partial charge on any atom is 0.258 e. The summed E-state index contributed by atoms with van der Waals surface area (Å²) in [4.78, 5) is 12.1. The molecule has 0 radical (unpaired) electrons. The lowest BCUT2D eigenvalue weighted by molar-refractivity contribution is 0.102. The molecular formula is C15H15FN2O2. The second-order valence-corrected chi connectivity index (χ2v) is 4.40. The van der Waals surface area contributed by atoms with Crippen molar-refractivity contribution in [1.29, 1.82) is 0 Å². The van der Waals surface area contributed by atoms with Crippen LogP contribution in [0.2, 0.25) is 0 Å². The van der Waals surface area contributed by atoms with E-state index in [0.29, 0.717) is 17.1 Å². The Kier molecular flexibility index (Phi) is 3.89. The molecule has 5 heteroatoms. The van der Waals surface area contributed by atoms with Gasteiger partial charge in [0.05, 0.1) is 18.4 Å². The van der Waals surface area contributed by atoms with Gasteiger partial charge >= 0.3 is 0 Å². The molecule has 0 heterocycles. The zero-order valence-corrected chi connectivity index (χ0v) is 11.2. The average molecular weight is 274 g/mol. The molecule has 0 fully saturated rings.